The molecule has 2 unspecified atom stereocenters. The van der Waals surface area contributed by atoms with Crippen molar-refractivity contribution in [2.45, 2.75) is 45.1 Å². The maximum absolute atomic E-state index is 6.13. The first kappa shape index (κ1) is 13.2. The molecule has 1 aromatic carbocycles. The normalized spacial score (nSPS) is 23.9. The molecule has 2 aromatic rings. The van der Waals surface area contributed by atoms with Crippen molar-refractivity contribution in [3.63, 3.8) is 0 Å². The summed E-state index contributed by atoms with van der Waals surface area (Å²) in [5.74, 6) is 0.838. The van der Waals surface area contributed by atoms with Gasteiger partial charge in [-0.25, -0.2) is 0 Å². The van der Waals surface area contributed by atoms with E-state index in [1.165, 1.54) is 32.1 Å². The Labute approximate surface area is 123 Å². The van der Waals surface area contributed by atoms with Gasteiger partial charge in [-0.15, -0.1) is 0 Å². The summed E-state index contributed by atoms with van der Waals surface area (Å²) in [6, 6.07) is 6.48. The van der Waals surface area contributed by atoms with Crippen LogP contribution in [0.25, 0.3) is 11.0 Å². The van der Waals surface area contributed by atoms with E-state index in [9.17, 15) is 0 Å². The fourth-order valence-electron chi connectivity index (χ4n) is 3.33. The lowest BCUT2D eigenvalue weighted by molar-refractivity contribution is 0.264. The van der Waals surface area contributed by atoms with Crippen molar-refractivity contribution in [3.05, 3.63) is 28.0 Å². The smallest absolute Gasteiger partial charge is 0.178 e. The fourth-order valence-corrected chi connectivity index (χ4v) is 3.85. The van der Waals surface area contributed by atoms with Gasteiger partial charge < -0.3 is 9.55 Å². The zero-order valence-corrected chi connectivity index (χ0v) is 12.7. The molecule has 4 heteroatoms. The van der Waals surface area contributed by atoms with E-state index in [-0.39, 0.29) is 0 Å². The fraction of sp³-hybridized carbons (Fsp3) is 0.533. The number of hydrogen-bond acceptors (Lipinski definition) is 1. The molecule has 1 fully saturated rings. The van der Waals surface area contributed by atoms with Crippen molar-refractivity contribution in [3.8, 4) is 0 Å². The molecule has 102 valence electrons. The average molecular weight is 295 g/mol. The van der Waals surface area contributed by atoms with Crippen molar-refractivity contribution in [1.29, 1.82) is 0 Å². The largest absolute Gasteiger partial charge is 0.331 e. The first-order valence-corrected chi connectivity index (χ1v) is 7.87. The monoisotopic (exact) mass is 294 g/mol. The molecule has 19 heavy (non-hydrogen) atoms. The standard InChI is InChI=1S/C15H19ClN2S/c1-2-10-4-3-5-12(8-10)18-14-9-11(16)6-7-13(14)17-15(18)19/h6-7,9-10,12H,2-5,8H2,1H3,(H,17,19). The van der Waals surface area contributed by atoms with E-state index < -0.39 is 0 Å². The number of halogens is 1. The van der Waals surface area contributed by atoms with Gasteiger partial charge in [0.15, 0.2) is 4.77 Å². The number of aromatic amines is 1. The summed E-state index contributed by atoms with van der Waals surface area (Å²) in [5, 5.41) is 0.776. The van der Waals surface area contributed by atoms with Gasteiger partial charge in [0.2, 0.25) is 0 Å². The Morgan fingerprint density at radius 1 is 1.42 bits per heavy atom. The summed E-state index contributed by atoms with van der Waals surface area (Å²) in [7, 11) is 0. The van der Waals surface area contributed by atoms with Gasteiger partial charge in [-0.3, -0.25) is 0 Å². The van der Waals surface area contributed by atoms with Crippen LogP contribution < -0.4 is 0 Å². The lowest BCUT2D eigenvalue weighted by Gasteiger charge is -2.29. The first-order valence-electron chi connectivity index (χ1n) is 7.08. The number of H-pyrrole nitrogens is 1. The Morgan fingerprint density at radius 3 is 3.05 bits per heavy atom. The number of benzene rings is 1. The van der Waals surface area contributed by atoms with Crippen LogP contribution in [0.15, 0.2) is 18.2 Å². The van der Waals surface area contributed by atoms with Crippen molar-refractivity contribution in [1.82, 2.24) is 9.55 Å². The highest BCUT2D eigenvalue weighted by Gasteiger charge is 2.23. The third kappa shape index (κ3) is 2.46. The minimum atomic E-state index is 0.526. The Kier molecular flexibility index (Phi) is 3.68. The lowest BCUT2D eigenvalue weighted by atomic mass is 9.84. The molecule has 0 radical (unpaired) electrons. The predicted octanol–water partition coefficient (Wildman–Crippen LogP) is 5.49. The number of imidazole rings is 1. The van der Waals surface area contributed by atoms with Gasteiger partial charge in [0.05, 0.1) is 11.0 Å². The first-order chi connectivity index (χ1) is 9.19. The summed E-state index contributed by atoms with van der Waals surface area (Å²) in [6.45, 7) is 2.29. The number of nitrogens with one attached hydrogen (secondary N) is 1. The summed E-state index contributed by atoms with van der Waals surface area (Å²) < 4.78 is 3.12. The van der Waals surface area contributed by atoms with Crippen LogP contribution in [-0.2, 0) is 0 Å². The second-order valence-electron chi connectivity index (χ2n) is 5.56. The molecule has 3 rings (SSSR count). The summed E-state index contributed by atoms with van der Waals surface area (Å²) in [6.07, 6.45) is 6.41. The summed E-state index contributed by atoms with van der Waals surface area (Å²) >= 11 is 11.6. The Balaban J connectivity index is 2.06. The summed E-state index contributed by atoms with van der Waals surface area (Å²) in [5.41, 5.74) is 2.24. The van der Waals surface area contributed by atoms with E-state index in [0.717, 1.165) is 26.7 Å². The minimum Gasteiger partial charge on any atom is -0.331 e. The highest BCUT2D eigenvalue weighted by Crippen LogP contribution is 2.36. The molecule has 1 aliphatic carbocycles. The van der Waals surface area contributed by atoms with Gasteiger partial charge in [-0.05, 0) is 49.2 Å². The number of nitrogens with zero attached hydrogens (tertiary/aromatic N) is 1. The second-order valence-corrected chi connectivity index (χ2v) is 6.38. The zero-order valence-electron chi connectivity index (χ0n) is 11.2. The third-order valence-corrected chi connectivity index (χ3v) is 4.91. The van der Waals surface area contributed by atoms with E-state index in [2.05, 4.69) is 16.5 Å². The molecule has 2 atom stereocenters. The van der Waals surface area contributed by atoms with Crippen molar-refractivity contribution < 1.29 is 0 Å². The Hall–Kier alpha value is -0.800. The molecule has 1 aliphatic rings. The average Bonchev–Trinajstić information content (AvgIpc) is 2.74. The number of aromatic nitrogens is 2. The Bertz CT molecular complexity index is 643. The van der Waals surface area contributed by atoms with E-state index in [1.807, 2.05) is 18.2 Å². The van der Waals surface area contributed by atoms with E-state index in [0.29, 0.717) is 6.04 Å². The van der Waals surface area contributed by atoms with Crippen LogP contribution >= 0.6 is 23.8 Å². The molecule has 1 aromatic heterocycles. The molecule has 0 aliphatic heterocycles. The number of hydrogen-bond donors (Lipinski definition) is 1. The van der Waals surface area contributed by atoms with E-state index in [4.69, 9.17) is 23.8 Å². The zero-order chi connectivity index (χ0) is 13.4. The molecular formula is C15H19ClN2S. The molecule has 0 amide bonds. The lowest BCUT2D eigenvalue weighted by Crippen LogP contribution is -2.19. The molecule has 0 bridgehead atoms. The number of fused-ring (bicyclic) bond motifs is 1. The molecular weight excluding hydrogens is 276 g/mol. The minimum absolute atomic E-state index is 0.526. The molecule has 1 N–H and O–H groups in total. The van der Waals surface area contributed by atoms with Crippen molar-refractivity contribution in [2.24, 2.45) is 5.92 Å². The van der Waals surface area contributed by atoms with Gasteiger partial charge in [-0.1, -0.05) is 37.8 Å². The highest BCUT2D eigenvalue weighted by atomic mass is 35.5. The maximum atomic E-state index is 6.13. The molecule has 1 heterocycles. The van der Waals surface area contributed by atoms with Gasteiger partial charge in [-0.2, -0.15) is 0 Å². The Morgan fingerprint density at radius 2 is 2.26 bits per heavy atom. The number of rotatable bonds is 2. The molecule has 0 spiro atoms. The van der Waals surface area contributed by atoms with Crippen LogP contribution in [0.3, 0.4) is 0 Å². The van der Waals surface area contributed by atoms with Crippen LogP contribution in [0, 0.1) is 10.7 Å². The van der Waals surface area contributed by atoms with Crippen LogP contribution in [0.4, 0.5) is 0 Å². The third-order valence-electron chi connectivity index (χ3n) is 4.38. The molecule has 0 saturated heterocycles. The van der Waals surface area contributed by atoms with Crippen molar-refractivity contribution in [2.75, 3.05) is 0 Å². The van der Waals surface area contributed by atoms with Crippen LogP contribution in [0.5, 0.6) is 0 Å². The van der Waals surface area contributed by atoms with Crippen LogP contribution in [-0.4, -0.2) is 9.55 Å². The predicted molar refractivity (Wildman–Crippen MR) is 83.4 cm³/mol. The summed E-state index contributed by atoms with van der Waals surface area (Å²) in [4.78, 5) is 3.30. The van der Waals surface area contributed by atoms with Gasteiger partial charge >= 0.3 is 0 Å². The van der Waals surface area contributed by atoms with E-state index in [1.54, 1.807) is 0 Å². The van der Waals surface area contributed by atoms with Gasteiger partial charge in [0, 0.05) is 11.1 Å². The molecule has 2 nitrogen and oxygen atoms in total. The maximum Gasteiger partial charge on any atom is 0.178 e. The van der Waals surface area contributed by atoms with Gasteiger partial charge in [0.25, 0.3) is 0 Å². The highest BCUT2D eigenvalue weighted by molar-refractivity contribution is 7.71. The van der Waals surface area contributed by atoms with Crippen LogP contribution in [0.1, 0.15) is 45.1 Å². The second kappa shape index (κ2) is 5.29. The SMILES string of the molecule is CCC1CCCC(n2c(=S)[nH]c3ccc(Cl)cc32)C1. The van der Waals surface area contributed by atoms with E-state index >= 15 is 0 Å². The van der Waals surface area contributed by atoms with Gasteiger partial charge in [0.1, 0.15) is 0 Å². The molecule has 1 saturated carbocycles. The quantitative estimate of drug-likeness (QED) is 0.726. The topological polar surface area (TPSA) is 20.7 Å². The van der Waals surface area contributed by atoms with Crippen LogP contribution in [0.2, 0.25) is 5.02 Å². The van der Waals surface area contributed by atoms with Crippen molar-refractivity contribution >= 4 is 34.9 Å².